The molecule has 170 valence electrons. The van der Waals surface area contributed by atoms with E-state index in [-0.39, 0.29) is 30.8 Å². The van der Waals surface area contributed by atoms with Gasteiger partial charge in [-0.2, -0.15) is 0 Å². The SMILES string of the molecule is O=C(CN1C(=O)NC2(CCCC2)C1=O)NC[C@@H](c1ccccc1Cl)c1c[nH]c2ccccc12. The van der Waals surface area contributed by atoms with Crippen molar-refractivity contribution in [1.82, 2.24) is 20.5 Å². The fourth-order valence-electron chi connectivity index (χ4n) is 5.08. The van der Waals surface area contributed by atoms with Crippen molar-refractivity contribution in [3.05, 3.63) is 70.9 Å². The Kier molecular flexibility index (Phi) is 5.58. The Morgan fingerprint density at radius 1 is 1.06 bits per heavy atom. The fourth-order valence-corrected chi connectivity index (χ4v) is 5.35. The van der Waals surface area contributed by atoms with Crippen LogP contribution in [-0.4, -0.2) is 46.4 Å². The van der Waals surface area contributed by atoms with Crippen molar-refractivity contribution >= 4 is 40.3 Å². The molecule has 1 atom stereocenters. The van der Waals surface area contributed by atoms with Crippen LogP contribution in [0.25, 0.3) is 10.9 Å². The third-order valence-corrected chi connectivity index (χ3v) is 7.13. The molecular weight excluding hydrogens is 440 g/mol. The van der Waals surface area contributed by atoms with Gasteiger partial charge in [0.15, 0.2) is 0 Å². The largest absolute Gasteiger partial charge is 0.361 e. The molecule has 7 nitrogen and oxygen atoms in total. The van der Waals surface area contributed by atoms with E-state index in [9.17, 15) is 14.4 Å². The summed E-state index contributed by atoms with van der Waals surface area (Å²) >= 11 is 6.52. The Labute approximate surface area is 196 Å². The van der Waals surface area contributed by atoms with Crippen molar-refractivity contribution in [2.75, 3.05) is 13.1 Å². The van der Waals surface area contributed by atoms with Crippen LogP contribution in [0, 0.1) is 0 Å². The van der Waals surface area contributed by atoms with E-state index in [1.54, 1.807) is 0 Å². The summed E-state index contributed by atoms with van der Waals surface area (Å²) in [5.41, 5.74) is 2.08. The highest BCUT2D eigenvalue weighted by Gasteiger charge is 2.52. The summed E-state index contributed by atoms with van der Waals surface area (Å²) in [5.74, 6) is -0.882. The second-order valence-electron chi connectivity index (χ2n) is 8.78. The smallest absolute Gasteiger partial charge is 0.325 e. The van der Waals surface area contributed by atoms with Gasteiger partial charge >= 0.3 is 6.03 Å². The number of carbonyl (C=O) groups is 3. The maximum absolute atomic E-state index is 12.9. The van der Waals surface area contributed by atoms with E-state index in [1.165, 1.54) is 0 Å². The zero-order chi connectivity index (χ0) is 23.0. The summed E-state index contributed by atoms with van der Waals surface area (Å²) < 4.78 is 0. The van der Waals surface area contributed by atoms with Gasteiger partial charge in [-0.05, 0) is 36.1 Å². The van der Waals surface area contributed by atoms with Crippen LogP contribution >= 0.6 is 11.6 Å². The third kappa shape index (κ3) is 3.86. The molecule has 1 aliphatic heterocycles. The number of nitrogens with one attached hydrogen (secondary N) is 3. The second kappa shape index (κ2) is 8.56. The molecule has 0 unspecified atom stereocenters. The van der Waals surface area contributed by atoms with E-state index in [0.29, 0.717) is 17.9 Å². The topological polar surface area (TPSA) is 94.3 Å². The summed E-state index contributed by atoms with van der Waals surface area (Å²) in [6.45, 7) is -0.0191. The van der Waals surface area contributed by atoms with Crippen LogP contribution in [0.15, 0.2) is 54.7 Å². The van der Waals surface area contributed by atoms with E-state index in [4.69, 9.17) is 11.6 Å². The molecule has 1 aromatic heterocycles. The molecule has 33 heavy (non-hydrogen) atoms. The van der Waals surface area contributed by atoms with Gasteiger partial charge in [0.05, 0.1) is 0 Å². The molecule has 2 aliphatic rings. The first kappa shape index (κ1) is 21.5. The average Bonchev–Trinajstić information content (AvgIpc) is 3.51. The van der Waals surface area contributed by atoms with Crippen LogP contribution in [0.3, 0.4) is 0 Å². The predicted molar refractivity (Wildman–Crippen MR) is 126 cm³/mol. The number of nitrogens with zero attached hydrogens (tertiary/aromatic N) is 1. The van der Waals surface area contributed by atoms with Gasteiger partial charge in [-0.15, -0.1) is 0 Å². The lowest BCUT2D eigenvalue weighted by atomic mass is 9.90. The Balaban J connectivity index is 1.35. The molecule has 1 spiro atoms. The summed E-state index contributed by atoms with van der Waals surface area (Å²) in [7, 11) is 0. The number of hydrogen-bond acceptors (Lipinski definition) is 3. The number of para-hydroxylation sites is 1. The molecule has 0 radical (unpaired) electrons. The number of carbonyl (C=O) groups excluding carboxylic acids is 3. The molecule has 3 aromatic rings. The minimum absolute atomic E-state index is 0.205. The Morgan fingerprint density at radius 3 is 2.58 bits per heavy atom. The van der Waals surface area contributed by atoms with Crippen molar-refractivity contribution in [3.8, 4) is 0 Å². The number of H-pyrrole nitrogens is 1. The number of halogens is 1. The zero-order valence-electron chi connectivity index (χ0n) is 18.1. The normalized spacial score (nSPS) is 18.2. The molecule has 4 amide bonds. The van der Waals surface area contributed by atoms with Crippen molar-refractivity contribution in [1.29, 1.82) is 0 Å². The maximum Gasteiger partial charge on any atom is 0.325 e. The van der Waals surface area contributed by atoms with Gasteiger partial charge in [0, 0.05) is 34.6 Å². The number of urea groups is 1. The van der Waals surface area contributed by atoms with E-state index >= 15 is 0 Å². The highest BCUT2D eigenvalue weighted by Crippen LogP contribution is 2.36. The molecule has 1 saturated heterocycles. The highest BCUT2D eigenvalue weighted by molar-refractivity contribution is 6.31. The van der Waals surface area contributed by atoms with Crippen LogP contribution in [0.4, 0.5) is 4.79 Å². The van der Waals surface area contributed by atoms with Crippen molar-refractivity contribution < 1.29 is 14.4 Å². The lowest BCUT2D eigenvalue weighted by Gasteiger charge is -2.21. The van der Waals surface area contributed by atoms with Gasteiger partial charge in [-0.25, -0.2) is 4.79 Å². The zero-order valence-corrected chi connectivity index (χ0v) is 18.8. The molecular formula is C25H25ClN4O3. The number of benzene rings is 2. The lowest BCUT2D eigenvalue weighted by Crippen LogP contribution is -2.45. The summed E-state index contributed by atoms with van der Waals surface area (Å²) in [6, 6.07) is 15.0. The van der Waals surface area contributed by atoms with E-state index in [0.717, 1.165) is 39.8 Å². The van der Waals surface area contributed by atoms with Crippen LogP contribution in [-0.2, 0) is 9.59 Å². The Bertz CT molecular complexity index is 1230. The predicted octanol–water partition coefficient (Wildman–Crippen LogP) is 3.93. The van der Waals surface area contributed by atoms with Gasteiger partial charge in [-0.1, -0.05) is 60.8 Å². The highest BCUT2D eigenvalue weighted by atomic mass is 35.5. The first-order valence-electron chi connectivity index (χ1n) is 11.2. The molecule has 2 aromatic carbocycles. The summed E-state index contributed by atoms with van der Waals surface area (Å²) in [5, 5.41) is 7.39. The first-order valence-corrected chi connectivity index (χ1v) is 11.6. The van der Waals surface area contributed by atoms with Gasteiger partial charge in [0.1, 0.15) is 12.1 Å². The van der Waals surface area contributed by atoms with Crippen molar-refractivity contribution in [2.45, 2.75) is 37.1 Å². The first-order chi connectivity index (χ1) is 16.0. The number of aromatic amines is 1. The molecule has 5 rings (SSSR count). The van der Waals surface area contributed by atoms with Crippen molar-refractivity contribution in [3.63, 3.8) is 0 Å². The van der Waals surface area contributed by atoms with Gasteiger partial charge in [0.25, 0.3) is 5.91 Å². The van der Waals surface area contributed by atoms with E-state index in [1.807, 2.05) is 54.7 Å². The molecule has 2 fully saturated rings. The van der Waals surface area contributed by atoms with Gasteiger partial charge < -0.3 is 15.6 Å². The quantitative estimate of drug-likeness (QED) is 0.482. The van der Waals surface area contributed by atoms with Crippen molar-refractivity contribution in [2.24, 2.45) is 0 Å². The monoisotopic (exact) mass is 464 g/mol. The van der Waals surface area contributed by atoms with Crippen LogP contribution in [0.5, 0.6) is 0 Å². The average molecular weight is 465 g/mol. The molecule has 2 heterocycles. The molecule has 1 aliphatic carbocycles. The summed E-state index contributed by atoms with van der Waals surface area (Å²) in [4.78, 5) is 42.4. The van der Waals surface area contributed by atoms with Gasteiger partial charge in [-0.3, -0.25) is 14.5 Å². The minimum Gasteiger partial charge on any atom is -0.361 e. The molecule has 3 N–H and O–H groups in total. The van der Waals surface area contributed by atoms with E-state index in [2.05, 4.69) is 15.6 Å². The molecule has 0 bridgehead atoms. The second-order valence-corrected chi connectivity index (χ2v) is 9.19. The number of imide groups is 1. The Morgan fingerprint density at radius 2 is 1.79 bits per heavy atom. The standard InChI is InChI=1S/C25H25ClN4O3/c26-20-9-3-1-7-16(20)18(19-13-27-21-10-4-2-8-17(19)21)14-28-22(31)15-30-23(32)25(29-24(30)33)11-5-6-12-25/h1-4,7-10,13,18,27H,5-6,11-12,14-15H2,(H,28,31)(H,29,33)/t18-/m0/s1. The Hall–Kier alpha value is -3.32. The maximum atomic E-state index is 12.9. The van der Waals surface area contributed by atoms with E-state index < -0.39 is 11.6 Å². The molecule has 1 saturated carbocycles. The third-order valence-electron chi connectivity index (χ3n) is 6.79. The number of amides is 4. The number of aromatic nitrogens is 1. The van der Waals surface area contributed by atoms with Gasteiger partial charge in [0.2, 0.25) is 5.91 Å². The van der Waals surface area contributed by atoms with Crippen LogP contribution in [0.1, 0.15) is 42.7 Å². The van der Waals surface area contributed by atoms with Crippen LogP contribution in [0.2, 0.25) is 5.02 Å². The fraction of sp³-hybridized carbons (Fsp3) is 0.320. The number of fused-ring (bicyclic) bond motifs is 1. The number of rotatable bonds is 6. The number of hydrogen-bond donors (Lipinski definition) is 3. The lowest BCUT2D eigenvalue weighted by molar-refractivity contribution is -0.134. The minimum atomic E-state index is -0.818. The molecule has 8 heteroatoms. The summed E-state index contributed by atoms with van der Waals surface area (Å²) in [6.07, 6.45) is 4.99. The van der Waals surface area contributed by atoms with Crippen LogP contribution < -0.4 is 10.6 Å².